The van der Waals surface area contributed by atoms with Crippen molar-refractivity contribution >= 4 is 58.7 Å². The van der Waals surface area contributed by atoms with E-state index in [1.165, 1.54) is 12.4 Å². The molecule has 108 valence electrons. The molecule has 3 rings (SSSR count). The third-order valence-electron chi connectivity index (χ3n) is 2.63. The standard InChI is InChI=1S/C11H7Br2N5O2S/c12-8-5-16-11(9(13)17-8)18-21(19,20)7-4-15-10-6(7)2-1-3-14-10/h1-5H,(H,14,15)(H,16,18). The predicted molar refractivity (Wildman–Crippen MR) is 84.3 cm³/mol. The Kier molecular flexibility index (Phi) is 3.68. The van der Waals surface area contributed by atoms with Crippen LogP contribution in [-0.2, 0) is 10.0 Å². The van der Waals surface area contributed by atoms with Crippen molar-refractivity contribution in [1.29, 1.82) is 0 Å². The first-order valence-corrected chi connectivity index (χ1v) is 8.67. The maximum absolute atomic E-state index is 12.5. The van der Waals surface area contributed by atoms with Crippen LogP contribution < -0.4 is 4.72 Å². The minimum Gasteiger partial charge on any atom is -0.345 e. The molecule has 0 saturated carbocycles. The summed E-state index contributed by atoms with van der Waals surface area (Å²) in [7, 11) is -3.80. The first-order valence-electron chi connectivity index (χ1n) is 5.60. The van der Waals surface area contributed by atoms with Gasteiger partial charge in [0.15, 0.2) is 10.4 Å². The third kappa shape index (κ3) is 2.78. The van der Waals surface area contributed by atoms with Gasteiger partial charge in [0.1, 0.15) is 15.1 Å². The van der Waals surface area contributed by atoms with E-state index in [1.807, 2.05) is 0 Å². The zero-order chi connectivity index (χ0) is 15.0. The molecule has 3 aromatic rings. The fourth-order valence-electron chi connectivity index (χ4n) is 1.75. The Morgan fingerprint density at radius 2 is 2.05 bits per heavy atom. The molecule has 10 heteroatoms. The average Bonchev–Trinajstić information content (AvgIpc) is 2.86. The summed E-state index contributed by atoms with van der Waals surface area (Å²) in [6, 6.07) is 3.35. The van der Waals surface area contributed by atoms with Crippen molar-refractivity contribution in [2.45, 2.75) is 4.90 Å². The zero-order valence-corrected chi connectivity index (χ0v) is 14.2. The number of aromatic amines is 1. The van der Waals surface area contributed by atoms with Gasteiger partial charge in [0.05, 0.1) is 6.20 Å². The number of hydrogen-bond donors (Lipinski definition) is 2. The summed E-state index contributed by atoms with van der Waals surface area (Å²) < 4.78 is 28.1. The van der Waals surface area contributed by atoms with Crippen LogP contribution >= 0.6 is 31.9 Å². The van der Waals surface area contributed by atoms with Gasteiger partial charge >= 0.3 is 0 Å². The minimum absolute atomic E-state index is 0.0993. The van der Waals surface area contributed by atoms with Crippen molar-refractivity contribution in [3.05, 3.63) is 39.9 Å². The molecule has 7 nitrogen and oxygen atoms in total. The highest BCUT2D eigenvalue weighted by Crippen LogP contribution is 2.26. The molecule has 0 aliphatic rings. The lowest BCUT2D eigenvalue weighted by Crippen LogP contribution is -2.14. The predicted octanol–water partition coefficient (Wildman–Crippen LogP) is 2.68. The molecule has 0 radical (unpaired) electrons. The highest BCUT2D eigenvalue weighted by atomic mass is 79.9. The van der Waals surface area contributed by atoms with Crippen molar-refractivity contribution in [2.75, 3.05) is 4.72 Å². The first kappa shape index (κ1) is 14.4. The van der Waals surface area contributed by atoms with E-state index in [4.69, 9.17) is 0 Å². The van der Waals surface area contributed by atoms with Crippen LogP contribution in [0, 0.1) is 0 Å². The summed E-state index contributed by atoms with van der Waals surface area (Å²) >= 11 is 6.32. The van der Waals surface area contributed by atoms with Crippen LogP contribution in [0.5, 0.6) is 0 Å². The molecule has 21 heavy (non-hydrogen) atoms. The van der Waals surface area contributed by atoms with Crippen LogP contribution in [-0.4, -0.2) is 28.4 Å². The molecule has 0 spiro atoms. The molecule has 0 aromatic carbocycles. The molecule has 2 N–H and O–H groups in total. The normalized spacial score (nSPS) is 11.7. The molecular formula is C11H7Br2N5O2S. The molecule has 0 bridgehead atoms. The van der Waals surface area contributed by atoms with Gasteiger partial charge in [0.2, 0.25) is 0 Å². The summed E-state index contributed by atoms with van der Waals surface area (Å²) in [6.07, 6.45) is 4.37. The van der Waals surface area contributed by atoms with E-state index in [2.05, 4.69) is 56.5 Å². The summed E-state index contributed by atoms with van der Waals surface area (Å²) in [5.41, 5.74) is 0.499. The highest BCUT2D eigenvalue weighted by Gasteiger charge is 2.21. The van der Waals surface area contributed by atoms with Crippen LogP contribution in [0.2, 0.25) is 0 Å². The molecule has 3 aromatic heterocycles. The van der Waals surface area contributed by atoms with E-state index >= 15 is 0 Å². The van der Waals surface area contributed by atoms with Crippen molar-refractivity contribution in [2.24, 2.45) is 0 Å². The highest BCUT2D eigenvalue weighted by molar-refractivity contribution is 9.11. The Labute approximate surface area is 136 Å². The Bertz CT molecular complexity index is 925. The molecule has 0 atom stereocenters. The van der Waals surface area contributed by atoms with Crippen LogP contribution in [0.25, 0.3) is 11.0 Å². The molecule has 0 aliphatic carbocycles. The Morgan fingerprint density at radius 3 is 2.81 bits per heavy atom. The molecule has 0 saturated heterocycles. The molecular weight excluding hydrogens is 426 g/mol. The lowest BCUT2D eigenvalue weighted by Gasteiger charge is -2.07. The van der Waals surface area contributed by atoms with E-state index in [0.29, 0.717) is 20.2 Å². The molecule has 0 fully saturated rings. The number of halogens is 2. The number of fused-ring (bicyclic) bond motifs is 1. The summed E-state index contributed by atoms with van der Waals surface area (Å²) in [4.78, 5) is 15.0. The lowest BCUT2D eigenvalue weighted by atomic mass is 10.3. The SMILES string of the molecule is O=S(=O)(Nc1ncc(Br)nc1Br)c1c[nH]c2ncccc12. The van der Waals surface area contributed by atoms with Gasteiger partial charge in [-0.05, 0) is 44.0 Å². The van der Waals surface area contributed by atoms with E-state index in [9.17, 15) is 8.42 Å². The van der Waals surface area contributed by atoms with Gasteiger partial charge in [-0.2, -0.15) is 0 Å². The molecule has 3 heterocycles. The minimum atomic E-state index is -3.80. The number of hydrogen-bond acceptors (Lipinski definition) is 5. The Morgan fingerprint density at radius 1 is 1.24 bits per heavy atom. The van der Waals surface area contributed by atoms with Gasteiger partial charge < -0.3 is 4.98 Å². The quantitative estimate of drug-likeness (QED) is 0.662. The van der Waals surface area contributed by atoms with Gasteiger partial charge in [0, 0.05) is 17.8 Å². The molecule has 0 unspecified atom stereocenters. The Balaban J connectivity index is 2.04. The fourth-order valence-corrected chi connectivity index (χ4v) is 3.97. The number of nitrogens with one attached hydrogen (secondary N) is 2. The van der Waals surface area contributed by atoms with Gasteiger partial charge in [-0.1, -0.05) is 0 Å². The Hall–Kier alpha value is -1.52. The average molecular weight is 433 g/mol. The van der Waals surface area contributed by atoms with E-state index < -0.39 is 10.0 Å². The summed E-state index contributed by atoms with van der Waals surface area (Å²) in [5.74, 6) is 0.108. The topological polar surface area (TPSA) is 101 Å². The number of aromatic nitrogens is 4. The van der Waals surface area contributed by atoms with Gasteiger partial charge in [-0.15, -0.1) is 0 Å². The van der Waals surface area contributed by atoms with Crippen molar-refractivity contribution in [3.63, 3.8) is 0 Å². The number of pyridine rings is 1. The smallest absolute Gasteiger partial charge is 0.265 e. The van der Waals surface area contributed by atoms with E-state index in [-0.39, 0.29) is 10.7 Å². The monoisotopic (exact) mass is 431 g/mol. The van der Waals surface area contributed by atoms with Crippen molar-refractivity contribution in [1.82, 2.24) is 19.9 Å². The second-order valence-electron chi connectivity index (χ2n) is 3.99. The number of nitrogens with zero attached hydrogens (tertiary/aromatic N) is 3. The first-order chi connectivity index (χ1) is 9.97. The second-order valence-corrected chi connectivity index (χ2v) is 7.20. The van der Waals surface area contributed by atoms with Crippen molar-refractivity contribution in [3.8, 4) is 0 Å². The number of rotatable bonds is 3. The van der Waals surface area contributed by atoms with Crippen LogP contribution in [0.3, 0.4) is 0 Å². The summed E-state index contributed by atoms with van der Waals surface area (Å²) in [6.45, 7) is 0. The molecule has 0 aliphatic heterocycles. The fraction of sp³-hybridized carbons (Fsp3) is 0. The van der Waals surface area contributed by atoms with Gasteiger partial charge in [-0.3, -0.25) is 4.72 Å². The maximum atomic E-state index is 12.5. The summed E-state index contributed by atoms with van der Waals surface area (Å²) in [5, 5.41) is 0.506. The zero-order valence-electron chi connectivity index (χ0n) is 10.2. The number of sulfonamides is 1. The van der Waals surface area contributed by atoms with Crippen LogP contribution in [0.1, 0.15) is 0 Å². The second kappa shape index (κ2) is 5.35. The van der Waals surface area contributed by atoms with E-state index in [1.54, 1.807) is 18.3 Å². The van der Waals surface area contributed by atoms with Crippen molar-refractivity contribution < 1.29 is 8.42 Å². The van der Waals surface area contributed by atoms with Crippen LogP contribution in [0.15, 0.2) is 44.8 Å². The van der Waals surface area contributed by atoms with E-state index in [0.717, 1.165) is 0 Å². The largest absolute Gasteiger partial charge is 0.345 e. The van der Waals surface area contributed by atoms with Crippen LogP contribution in [0.4, 0.5) is 5.82 Å². The third-order valence-corrected chi connectivity index (χ3v) is 4.95. The van der Waals surface area contributed by atoms with Gasteiger partial charge in [0.25, 0.3) is 10.0 Å². The number of H-pyrrole nitrogens is 1. The maximum Gasteiger partial charge on any atom is 0.265 e. The van der Waals surface area contributed by atoms with Gasteiger partial charge in [-0.25, -0.2) is 23.4 Å². The number of anilines is 1. The molecule has 0 amide bonds. The lowest BCUT2D eigenvalue weighted by molar-refractivity contribution is 0.602.